The Hall–Kier alpha value is -0.540. The lowest BCUT2D eigenvalue weighted by atomic mass is 9.76. The number of hydrogen-bond donors (Lipinski definition) is 2. The molecule has 0 spiro atoms. The molecule has 0 saturated heterocycles. The average Bonchev–Trinajstić information content (AvgIpc) is 2.29. The number of benzene rings is 1. The summed E-state index contributed by atoms with van der Waals surface area (Å²) in [5.41, 5.74) is 7.27. The molecule has 1 aliphatic carbocycles. The molecule has 2 nitrogen and oxygen atoms in total. The van der Waals surface area contributed by atoms with Crippen LogP contribution in [0.15, 0.2) is 28.7 Å². The second-order valence-electron chi connectivity index (χ2n) is 5.32. The topological polar surface area (TPSA) is 38.0 Å². The molecule has 1 aromatic rings. The lowest BCUT2D eigenvalue weighted by Crippen LogP contribution is -2.48. The third-order valence-corrected chi connectivity index (χ3v) is 4.21. The predicted octanol–water partition coefficient (Wildman–Crippen LogP) is 3.77. The van der Waals surface area contributed by atoms with Gasteiger partial charge in [-0.1, -0.05) is 41.8 Å². The molecule has 2 rings (SSSR count). The highest BCUT2D eigenvalue weighted by molar-refractivity contribution is 9.10. The summed E-state index contributed by atoms with van der Waals surface area (Å²) >= 11 is 3.51. The summed E-state index contributed by atoms with van der Waals surface area (Å²) < 4.78 is 1.11. The number of halogens is 1. The summed E-state index contributed by atoms with van der Waals surface area (Å²) in [6.07, 6.45) is 4.97. The predicted molar refractivity (Wildman–Crippen MR) is 77.2 cm³/mol. The maximum atomic E-state index is 6.01. The number of nitrogens with two attached hydrogens (primary N) is 1. The Morgan fingerprint density at radius 3 is 3.00 bits per heavy atom. The molecule has 3 heteroatoms. The smallest absolute Gasteiger partial charge is 0.0498 e. The molecular weight excluding hydrogens is 276 g/mol. The van der Waals surface area contributed by atoms with Crippen molar-refractivity contribution in [3.63, 3.8) is 0 Å². The van der Waals surface area contributed by atoms with Gasteiger partial charge >= 0.3 is 0 Å². The zero-order valence-corrected chi connectivity index (χ0v) is 12.0. The van der Waals surface area contributed by atoms with Crippen molar-refractivity contribution in [3.8, 4) is 0 Å². The van der Waals surface area contributed by atoms with Crippen molar-refractivity contribution in [2.45, 2.75) is 38.1 Å². The van der Waals surface area contributed by atoms with Crippen LogP contribution in [0, 0.1) is 5.92 Å². The van der Waals surface area contributed by atoms with Crippen molar-refractivity contribution in [1.82, 2.24) is 0 Å². The zero-order valence-electron chi connectivity index (χ0n) is 10.4. The van der Waals surface area contributed by atoms with E-state index in [1.54, 1.807) is 0 Å². The normalized spacial score (nSPS) is 29.0. The van der Waals surface area contributed by atoms with E-state index in [-0.39, 0.29) is 5.54 Å². The summed E-state index contributed by atoms with van der Waals surface area (Å²) in [4.78, 5) is 0. The first kappa shape index (κ1) is 12.9. The van der Waals surface area contributed by atoms with Crippen LogP contribution < -0.4 is 11.1 Å². The van der Waals surface area contributed by atoms with E-state index in [9.17, 15) is 0 Å². The first-order chi connectivity index (χ1) is 8.13. The van der Waals surface area contributed by atoms with Crippen LogP contribution in [-0.2, 0) is 0 Å². The summed E-state index contributed by atoms with van der Waals surface area (Å²) in [5, 5.41) is 3.66. The van der Waals surface area contributed by atoms with Gasteiger partial charge in [0, 0.05) is 22.2 Å². The number of hydrogen-bond acceptors (Lipinski definition) is 2. The molecule has 1 aliphatic rings. The molecule has 0 aliphatic heterocycles. The lowest BCUT2D eigenvalue weighted by molar-refractivity contribution is 0.264. The Bertz CT molecular complexity index is 380. The van der Waals surface area contributed by atoms with Gasteiger partial charge in [-0.15, -0.1) is 0 Å². The highest BCUT2D eigenvalue weighted by atomic mass is 79.9. The zero-order chi connectivity index (χ0) is 12.3. The van der Waals surface area contributed by atoms with Crippen LogP contribution in [-0.4, -0.2) is 12.1 Å². The molecule has 2 atom stereocenters. The van der Waals surface area contributed by atoms with E-state index in [4.69, 9.17) is 5.73 Å². The third-order valence-electron chi connectivity index (χ3n) is 3.72. The fraction of sp³-hybridized carbons (Fsp3) is 0.571. The van der Waals surface area contributed by atoms with Crippen molar-refractivity contribution >= 4 is 21.6 Å². The molecule has 2 unspecified atom stereocenters. The van der Waals surface area contributed by atoms with Gasteiger partial charge in [0.25, 0.3) is 0 Å². The van der Waals surface area contributed by atoms with Crippen LogP contribution in [0.25, 0.3) is 0 Å². The summed E-state index contributed by atoms with van der Waals surface area (Å²) in [5.74, 6) is 0.770. The van der Waals surface area contributed by atoms with Gasteiger partial charge in [0.15, 0.2) is 0 Å². The maximum Gasteiger partial charge on any atom is 0.0498 e. The SMILES string of the molecule is CC1CCCC(CN)(Nc2cccc(Br)c2)C1. The summed E-state index contributed by atoms with van der Waals surface area (Å²) in [7, 11) is 0. The van der Waals surface area contributed by atoms with E-state index in [0.717, 1.165) is 10.4 Å². The van der Waals surface area contributed by atoms with Crippen molar-refractivity contribution in [3.05, 3.63) is 28.7 Å². The standard InChI is InChI=1S/C14H21BrN2/c1-11-4-3-7-14(9-11,10-16)17-13-6-2-5-12(15)8-13/h2,5-6,8,11,17H,3-4,7,9-10,16H2,1H3. The van der Waals surface area contributed by atoms with Crippen LogP contribution in [0.4, 0.5) is 5.69 Å². The molecule has 1 saturated carbocycles. The highest BCUT2D eigenvalue weighted by Crippen LogP contribution is 2.34. The maximum absolute atomic E-state index is 6.01. The first-order valence-corrected chi connectivity index (χ1v) is 7.17. The average molecular weight is 297 g/mol. The van der Waals surface area contributed by atoms with Gasteiger partial charge in [0.05, 0.1) is 0 Å². The second kappa shape index (κ2) is 5.40. The summed E-state index contributed by atoms with van der Waals surface area (Å²) in [6.45, 7) is 3.04. The van der Waals surface area contributed by atoms with Crippen LogP contribution >= 0.6 is 15.9 Å². The van der Waals surface area contributed by atoms with Crippen LogP contribution in [0.5, 0.6) is 0 Å². The van der Waals surface area contributed by atoms with E-state index in [1.807, 2.05) is 6.07 Å². The largest absolute Gasteiger partial charge is 0.378 e. The molecule has 3 N–H and O–H groups in total. The van der Waals surface area contributed by atoms with E-state index in [1.165, 1.54) is 31.4 Å². The van der Waals surface area contributed by atoms with Gasteiger partial charge in [0.2, 0.25) is 0 Å². The van der Waals surface area contributed by atoms with E-state index in [0.29, 0.717) is 6.54 Å². The van der Waals surface area contributed by atoms with Gasteiger partial charge in [-0.25, -0.2) is 0 Å². The molecule has 0 heterocycles. The molecule has 1 fully saturated rings. The van der Waals surface area contributed by atoms with Gasteiger partial charge in [0.1, 0.15) is 0 Å². The minimum atomic E-state index is 0.0957. The van der Waals surface area contributed by atoms with Crippen LogP contribution in [0.3, 0.4) is 0 Å². The Kier molecular flexibility index (Phi) is 4.10. The molecule has 0 aromatic heterocycles. The van der Waals surface area contributed by atoms with E-state index >= 15 is 0 Å². The van der Waals surface area contributed by atoms with Gasteiger partial charge in [-0.05, 0) is 37.0 Å². The molecule has 0 radical (unpaired) electrons. The first-order valence-electron chi connectivity index (χ1n) is 6.37. The highest BCUT2D eigenvalue weighted by Gasteiger charge is 2.33. The third kappa shape index (κ3) is 3.23. The quantitative estimate of drug-likeness (QED) is 0.891. The number of anilines is 1. The van der Waals surface area contributed by atoms with Crippen LogP contribution in [0.1, 0.15) is 32.6 Å². The Labute approximate surface area is 112 Å². The van der Waals surface area contributed by atoms with Crippen molar-refractivity contribution in [2.75, 3.05) is 11.9 Å². The van der Waals surface area contributed by atoms with Gasteiger partial charge < -0.3 is 11.1 Å². The molecule has 0 bridgehead atoms. The lowest BCUT2D eigenvalue weighted by Gasteiger charge is -2.40. The van der Waals surface area contributed by atoms with Crippen molar-refractivity contribution < 1.29 is 0 Å². The van der Waals surface area contributed by atoms with Gasteiger partial charge in [-0.2, -0.15) is 0 Å². The van der Waals surface area contributed by atoms with Crippen LogP contribution in [0.2, 0.25) is 0 Å². The minimum absolute atomic E-state index is 0.0957. The van der Waals surface area contributed by atoms with Crippen molar-refractivity contribution in [2.24, 2.45) is 11.7 Å². The fourth-order valence-corrected chi connectivity index (χ4v) is 3.28. The molecule has 17 heavy (non-hydrogen) atoms. The summed E-state index contributed by atoms with van der Waals surface area (Å²) in [6, 6.07) is 8.34. The van der Waals surface area contributed by atoms with E-state index < -0.39 is 0 Å². The molecular formula is C14H21BrN2. The number of rotatable bonds is 3. The number of nitrogens with one attached hydrogen (secondary N) is 1. The fourth-order valence-electron chi connectivity index (χ4n) is 2.88. The minimum Gasteiger partial charge on any atom is -0.378 e. The Balaban J connectivity index is 2.13. The van der Waals surface area contributed by atoms with Crippen molar-refractivity contribution in [1.29, 1.82) is 0 Å². The van der Waals surface area contributed by atoms with Gasteiger partial charge in [-0.3, -0.25) is 0 Å². The molecule has 94 valence electrons. The second-order valence-corrected chi connectivity index (χ2v) is 6.24. The Morgan fingerprint density at radius 1 is 1.53 bits per heavy atom. The Morgan fingerprint density at radius 2 is 2.35 bits per heavy atom. The monoisotopic (exact) mass is 296 g/mol. The van der Waals surface area contributed by atoms with E-state index in [2.05, 4.69) is 46.4 Å². The molecule has 0 amide bonds. The molecule has 1 aromatic carbocycles.